The van der Waals surface area contributed by atoms with Gasteiger partial charge in [0.15, 0.2) is 0 Å². The maximum Gasteiger partial charge on any atom is 0.288 e. The van der Waals surface area contributed by atoms with Gasteiger partial charge in [-0.2, -0.15) is 0 Å². The summed E-state index contributed by atoms with van der Waals surface area (Å²) in [6.07, 6.45) is 1.37. The van der Waals surface area contributed by atoms with Gasteiger partial charge < -0.3 is 11.1 Å². The summed E-state index contributed by atoms with van der Waals surface area (Å²) in [5.74, 6) is -1.14. The number of rotatable bonds is 4. The molecular formula is C7H14N2O2. The number of likely N-dealkylation sites (N-methyl/N-ethyl adjacent to an activating group) is 1. The van der Waals surface area contributed by atoms with E-state index in [4.69, 9.17) is 5.73 Å². The molecule has 64 valence electrons. The van der Waals surface area contributed by atoms with E-state index in [9.17, 15) is 9.59 Å². The number of hydrogen-bond donors (Lipinski definition) is 2. The summed E-state index contributed by atoms with van der Waals surface area (Å²) in [4.78, 5) is 21.6. The van der Waals surface area contributed by atoms with Crippen LogP contribution in [0.3, 0.4) is 0 Å². The van der Waals surface area contributed by atoms with Crippen LogP contribution >= 0.6 is 0 Å². The highest BCUT2D eigenvalue weighted by atomic mass is 16.2. The van der Waals surface area contributed by atoms with Crippen LogP contribution in [0.5, 0.6) is 0 Å². The van der Waals surface area contributed by atoms with Crippen LogP contribution in [-0.4, -0.2) is 24.8 Å². The first-order valence-electron chi connectivity index (χ1n) is 3.65. The number of Topliss-reactive ketones (excluding diaryl/α,β-unsaturated/α-hetero) is 1. The molecule has 0 aromatic heterocycles. The van der Waals surface area contributed by atoms with Crippen molar-refractivity contribution in [3.8, 4) is 0 Å². The maximum atomic E-state index is 10.9. The Balaban J connectivity index is 3.91. The second kappa shape index (κ2) is 4.85. The minimum atomic E-state index is -0.639. The number of carbonyl (C=O) groups is 2. The largest absolute Gasteiger partial charge is 0.353 e. The van der Waals surface area contributed by atoms with Crippen LogP contribution in [0.2, 0.25) is 0 Å². The average molecular weight is 158 g/mol. The fourth-order valence-corrected chi connectivity index (χ4v) is 0.734. The van der Waals surface area contributed by atoms with Gasteiger partial charge in [-0.15, -0.1) is 0 Å². The van der Waals surface area contributed by atoms with E-state index in [1.165, 1.54) is 7.05 Å². The van der Waals surface area contributed by atoms with E-state index in [2.05, 4.69) is 5.32 Å². The van der Waals surface area contributed by atoms with Crippen molar-refractivity contribution in [3.63, 3.8) is 0 Å². The number of hydrogen-bond acceptors (Lipinski definition) is 3. The lowest BCUT2D eigenvalue weighted by atomic mass is 10.1. The van der Waals surface area contributed by atoms with Gasteiger partial charge in [-0.25, -0.2) is 0 Å². The van der Waals surface area contributed by atoms with E-state index in [-0.39, 0.29) is 0 Å². The van der Waals surface area contributed by atoms with Crippen LogP contribution in [0.15, 0.2) is 0 Å². The van der Waals surface area contributed by atoms with Crippen molar-refractivity contribution >= 4 is 11.7 Å². The standard InChI is InChI=1S/C7H14N2O2/c1-3-4-5(8)6(10)7(11)9-2/h5H,3-4,8H2,1-2H3,(H,9,11). The quantitative estimate of drug-likeness (QED) is 0.538. The summed E-state index contributed by atoms with van der Waals surface area (Å²) >= 11 is 0. The number of nitrogens with two attached hydrogens (primary N) is 1. The third-order valence-corrected chi connectivity index (χ3v) is 1.39. The third kappa shape index (κ3) is 3.13. The van der Waals surface area contributed by atoms with Crippen molar-refractivity contribution in [1.29, 1.82) is 0 Å². The van der Waals surface area contributed by atoms with E-state index in [1.807, 2.05) is 6.92 Å². The van der Waals surface area contributed by atoms with Gasteiger partial charge in [-0.3, -0.25) is 9.59 Å². The lowest BCUT2D eigenvalue weighted by Crippen LogP contribution is -2.41. The van der Waals surface area contributed by atoms with Gasteiger partial charge in [-0.05, 0) is 6.42 Å². The Kier molecular flexibility index (Phi) is 4.45. The van der Waals surface area contributed by atoms with Crippen LogP contribution in [0.1, 0.15) is 19.8 Å². The molecule has 1 unspecified atom stereocenters. The topological polar surface area (TPSA) is 72.2 Å². The monoisotopic (exact) mass is 158 g/mol. The molecule has 0 fully saturated rings. The Hall–Kier alpha value is -0.900. The number of amides is 1. The van der Waals surface area contributed by atoms with Crippen molar-refractivity contribution in [2.75, 3.05) is 7.05 Å². The van der Waals surface area contributed by atoms with E-state index < -0.39 is 17.7 Å². The normalized spacial score (nSPS) is 12.3. The molecule has 0 rings (SSSR count). The van der Waals surface area contributed by atoms with Gasteiger partial charge in [0.25, 0.3) is 5.91 Å². The third-order valence-electron chi connectivity index (χ3n) is 1.39. The SMILES string of the molecule is CCCC(N)C(=O)C(=O)NC. The first kappa shape index (κ1) is 10.1. The minimum absolute atomic E-state index is 0.533. The summed E-state index contributed by atoms with van der Waals surface area (Å²) in [6.45, 7) is 1.91. The van der Waals surface area contributed by atoms with Crippen molar-refractivity contribution in [2.45, 2.75) is 25.8 Å². The highest BCUT2D eigenvalue weighted by molar-refractivity contribution is 6.38. The van der Waals surface area contributed by atoms with Crippen molar-refractivity contribution in [3.05, 3.63) is 0 Å². The van der Waals surface area contributed by atoms with Gasteiger partial charge in [0.2, 0.25) is 5.78 Å². The predicted octanol–water partition coefficient (Wildman–Crippen LogP) is -0.571. The second-order valence-corrected chi connectivity index (χ2v) is 2.34. The zero-order chi connectivity index (χ0) is 8.85. The maximum absolute atomic E-state index is 10.9. The molecule has 1 amide bonds. The highest BCUT2D eigenvalue weighted by Crippen LogP contribution is 1.94. The van der Waals surface area contributed by atoms with Crippen LogP contribution in [-0.2, 0) is 9.59 Å². The first-order chi connectivity index (χ1) is 5.13. The molecule has 0 aromatic carbocycles. The fourth-order valence-electron chi connectivity index (χ4n) is 0.734. The van der Waals surface area contributed by atoms with Crippen LogP contribution in [0.4, 0.5) is 0 Å². The number of nitrogens with one attached hydrogen (secondary N) is 1. The number of ketones is 1. The number of carbonyl (C=O) groups excluding carboxylic acids is 2. The molecule has 0 heterocycles. The molecule has 4 nitrogen and oxygen atoms in total. The molecule has 0 spiro atoms. The molecule has 3 N–H and O–H groups in total. The molecule has 1 atom stereocenters. The van der Waals surface area contributed by atoms with Crippen LogP contribution in [0, 0.1) is 0 Å². The first-order valence-corrected chi connectivity index (χ1v) is 3.65. The highest BCUT2D eigenvalue weighted by Gasteiger charge is 2.18. The summed E-state index contributed by atoms with van der Waals surface area (Å²) in [5.41, 5.74) is 5.39. The lowest BCUT2D eigenvalue weighted by molar-refractivity contribution is -0.138. The summed E-state index contributed by atoms with van der Waals surface area (Å²) in [6, 6.07) is -0.639. The smallest absolute Gasteiger partial charge is 0.288 e. The molecule has 0 aliphatic rings. The summed E-state index contributed by atoms with van der Waals surface area (Å²) in [5, 5.41) is 2.24. The molecule has 0 radical (unpaired) electrons. The van der Waals surface area contributed by atoms with Gasteiger partial charge in [0.1, 0.15) is 0 Å². The van der Waals surface area contributed by atoms with Gasteiger partial charge >= 0.3 is 0 Å². The van der Waals surface area contributed by atoms with Gasteiger partial charge in [0, 0.05) is 7.05 Å². The summed E-state index contributed by atoms with van der Waals surface area (Å²) < 4.78 is 0. The van der Waals surface area contributed by atoms with Crippen molar-refractivity contribution < 1.29 is 9.59 Å². The van der Waals surface area contributed by atoms with Crippen LogP contribution in [0.25, 0.3) is 0 Å². The van der Waals surface area contributed by atoms with Crippen LogP contribution < -0.4 is 11.1 Å². The Morgan fingerprint density at radius 3 is 2.45 bits per heavy atom. The molecule has 0 aliphatic carbocycles. The Morgan fingerprint density at radius 2 is 2.09 bits per heavy atom. The van der Waals surface area contributed by atoms with E-state index >= 15 is 0 Å². The van der Waals surface area contributed by atoms with E-state index in [0.717, 1.165) is 6.42 Å². The Morgan fingerprint density at radius 1 is 1.55 bits per heavy atom. The fraction of sp³-hybridized carbons (Fsp3) is 0.714. The molecule has 0 bridgehead atoms. The predicted molar refractivity (Wildman–Crippen MR) is 42.0 cm³/mol. The van der Waals surface area contributed by atoms with E-state index in [0.29, 0.717) is 6.42 Å². The minimum Gasteiger partial charge on any atom is -0.353 e. The Labute approximate surface area is 66.1 Å². The molecule has 4 heteroatoms. The zero-order valence-corrected chi connectivity index (χ0v) is 6.89. The summed E-state index contributed by atoms with van der Waals surface area (Å²) in [7, 11) is 1.42. The molecule has 0 saturated carbocycles. The lowest BCUT2D eigenvalue weighted by Gasteiger charge is -2.06. The van der Waals surface area contributed by atoms with Crippen molar-refractivity contribution in [1.82, 2.24) is 5.32 Å². The van der Waals surface area contributed by atoms with Crippen molar-refractivity contribution in [2.24, 2.45) is 5.73 Å². The van der Waals surface area contributed by atoms with Gasteiger partial charge in [-0.1, -0.05) is 13.3 Å². The Bertz CT molecular complexity index is 157. The molecular weight excluding hydrogens is 144 g/mol. The second-order valence-electron chi connectivity index (χ2n) is 2.34. The average Bonchev–Trinajstić information content (AvgIpc) is 2.02. The molecule has 0 saturated heterocycles. The molecule has 0 aliphatic heterocycles. The zero-order valence-electron chi connectivity index (χ0n) is 6.89. The molecule has 11 heavy (non-hydrogen) atoms. The molecule has 0 aromatic rings. The van der Waals surface area contributed by atoms with Gasteiger partial charge in [0.05, 0.1) is 6.04 Å². The van der Waals surface area contributed by atoms with E-state index in [1.54, 1.807) is 0 Å².